The van der Waals surface area contributed by atoms with Crippen molar-refractivity contribution in [2.24, 2.45) is 0 Å². The Morgan fingerprint density at radius 1 is 1.31 bits per heavy atom. The van der Waals surface area contributed by atoms with Crippen molar-refractivity contribution in [2.75, 3.05) is 33.3 Å². The Balaban J connectivity index is 2.11. The van der Waals surface area contributed by atoms with Crippen molar-refractivity contribution in [3.63, 3.8) is 0 Å². The molecule has 1 aliphatic heterocycles. The Kier molecular flexibility index (Phi) is 4.15. The number of nitrogens with zero attached hydrogens (tertiary/aromatic N) is 1. The van der Waals surface area contributed by atoms with Gasteiger partial charge in [0.15, 0.2) is 0 Å². The fourth-order valence-electron chi connectivity index (χ4n) is 1.91. The van der Waals surface area contributed by atoms with E-state index < -0.39 is 11.0 Å². The normalized spacial score (nSPS) is 21.1. The molecule has 13 heavy (non-hydrogen) atoms. The molecule has 0 saturated carbocycles. The van der Waals surface area contributed by atoms with Crippen LogP contribution in [0.5, 0.6) is 0 Å². The molecule has 1 saturated heterocycles. The van der Waals surface area contributed by atoms with E-state index in [0.717, 1.165) is 17.4 Å². The summed E-state index contributed by atoms with van der Waals surface area (Å²) in [5, 5.41) is 0. The summed E-state index contributed by atoms with van der Waals surface area (Å²) < 4.78 is 25.7. The molecule has 1 aliphatic rings. The lowest BCUT2D eigenvalue weighted by atomic mass is 10.3. The molecule has 1 rings (SSSR count). The minimum atomic E-state index is -2.65. The molecule has 1 heterocycles. The standard InChI is InChI=1S/C8H18NO3S/c1-9(5-2-3-6-9)7-4-8-12-13(10)11/h13H,2-8H2,1H3/q+1. The Morgan fingerprint density at radius 3 is 2.46 bits per heavy atom. The van der Waals surface area contributed by atoms with Gasteiger partial charge in [0.1, 0.15) is 0 Å². The summed E-state index contributed by atoms with van der Waals surface area (Å²) in [6.45, 7) is 3.82. The van der Waals surface area contributed by atoms with Crippen molar-refractivity contribution < 1.29 is 17.1 Å². The van der Waals surface area contributed by atoms with Crippen LogP contribution in [0.15, 0.2) is 0 Å². The summed E-state index contributed by atoms with van der Waals surface area (Å²) in [6, 6.07) is 0. The highest BCUT2D eigenvalue weighted by Gasteiger charge is 2.25. The quantitative estimate of drug-likeness (QED) is 0.397. The average molecular weight is 208 g/mol. The molecular weight excluding hydrogens is 190 g/mol. The highest BCUT2D eigenvalue weighted by atomic mass is 32.2. The SMILES string of the molecule is C[N+]1(CCCO[SH](=O)=O)CCCC1. The van der Waals surface area contributed by atoms with E-state index in [1.165, 1.54) is 25.9 Å². The van der Waals surface area contributed by atoms with E-state index in [-0.39, 0.29) is 0 Å². The van der Waals surface area contributed by atoms with E-state index in [0.29, 0.717) is 6.61 Å². The molecule has 0 aromatic carbocycles. The maximum absolute atomic E-state index is 10.1. The van der Waals surface area contributed by atoms with Crippen LogP contribution in [-0.2, 0) is 15.2 Å². The molecule has 0 atom stereocenters. The van der Waals surface area contributed by atoms with Crippen LogP contribution in [0.1, 0.15) is 19.3 Å². The number of quaternary nitrogens is 1. The van der Waals surface area contributed by atoms with Gasteiger partial charge >= 0.3 is 0 Å². The molecule has 0 radical (unpaired) electrons. The second-order valence-electron chi connectivity index (χ2n) is 3.91. The fraction of sp³-hybridized carbons (Fsp3) is 1.00. The predicted molar refractivity (Wildman–Crippen MR) is 50.9 cm³/mol. The molecule has 5 heteroatoms. The lowest BCUT2D eigenvalue weighted by Gasteiger charge is -2.28. The minimum Gasteiger partial charge on any atom is -0.326 e. The number of hydrogen-bond donors (Lipinski definition) is 1. The molecule has 0 bridgehead atoms. The van der Waals surface area contributed by atoms with Gasteiger partial charge < -0.3 is 4.48 Å². The lowest BCUT2D eigenvalue weighted by molar-refractivity contribution is -0.897. The lowest BCUT2D eigenvalue weighted by Crippen LogP contribution is -2.41. The number of hydrogen-bond acceptors (Lipinski definition) is 3. The average Bonchev–Trinajstić information content (AvgIpc) is 2.47. The Labute approximate surface area is 81.2 Å². The maximum Gasteiger partial charge on any atom is 0.257 e. The number of likely N-dealkylation sites (tertiary alicyclic amines) is 1. The van der Waals surface area contributed by atoms with Crippen LogP contribution in [-0.4, -0.2) is 46.2 Å². The van der Waals surface area contributed by atoms with Gasteiger partial charge in [-0.3, -0.25) is 4.18 Å². The van der Waals surface area contributed by atoms with E-state index in [9.17, 15) is 8.42 Å². The van der Waals surface area contributed by atoms with E-state index in [4.69, 9.17) is 0 Å². The van der Waals surface area contributed by atoms with E-state index in [2.05, 4.69) is 11.2 Å². The van der Waals surface area contributed by atoms with E-state index in [1.54, 1.807) is 0 Å². The van der Waals surface area contributed by atoms with Crippen LogP contribution in [0.4, 0.5) is 0 Å². The van der Waals surface area contributed by atoms with Crippen molar-refractivity contribution in [3.8, 4) is 0 Å². The summed E-state index contributed by atoms with van der Waals surface area (Å²) >= 11 is 0. The molecular formula is C8H18NO3S+. The minimum absolute atomic E-state index is 0.340. The van der Waals surface area contributed by atoms with Crippen molar-refractivity contribution >= 4 is 11.0 Å². The van der Waals surface area contributed by atoms with Gasteiger partial charge in [0.25, 0.3) is 11.0 Å². The number of rotatable bonds is 5. The summed E-state index contributed by atoms with van der Waals surface area (Å²) in [6.07, 6.45) is 3.43. The first-order valence-electron chi connectivity index (χ1n) is 4.73. The molecule has 0 amide bonds. The third-order valence-corrected chi connectivity index (χ3v) is 3.08. The molecule has 0 unspecified atom stereocenters. The van der Waals surface area contributed by atoms with Crippen LogP contribution in [0.2, 0.25) is 0 Å². The molecule has 0 aliphatic carbocycles. The summed E-state index contributed by atoms with van der Waals surface area (Å²) in [5.74, 6) is 0. The van der Waals surface area contributed by atoms with Crippen LogP contribution in [0.3, 0.4) is 0 Å². The molecule has 1 fully saturated rings. The van der Waals surface area contributed by atoms with Crippen LogP contribution < -0.4 is 0 Å². The highest BCUT2D eigenvalue weighted by Crippen LogP contribution is 2.16. The zero-order valence-electron chi connectivity index (χ0n) is 8.07. The van der Waals surface area contributed by atoms with Gasteiger partial charge in [-0.05, 0) is 0 Å². The first-order valence-corrected chi connectivity index (χ1v) is 5.83. The van der Waals surface area contributed by atoms with Gasteiger partial charge in [-0.15, -0.1) is 0 Å². The highest BCUT2D eigenvalue weighted by molar-refractivity contribution is 7.67. The van der Waals surface area contributed by atoms with Crippen molar-refractivity contribution in [1.82, 2.24) is 0 Å². The van der Waals surface area contributed by atoms with Gasteiger partial charge in [0.2, 0.25) is 0 Å². The summed E-state index contributed by atoms with van der Waals surface area (Å²) in [4.78, 5) is 0. The third-order valence-electron chi connectivity index (χ3n) is 2.68. The molecule has 0 N–H and O–H groups in total. The monoisotopic (exact) mass is 208 g/mol. The molecule has 4 nitrogen and oxygen atoms in total. The van der Waals surface area contributed by atoms with Gasteiger partial charge in [-0.25, -0.2) is 8.42 Å². The predicted octanol–water partition coefficient (Wildman–Crippen LogP) is 0.160. The maximum atomic E-state index is 10.1. The first-order chi connectivity index (χ1) is 6.12. The van der Waals surface area contributed by atoms with E-state index in [1.807, 2.05) is 0 Å². The van der Waals surface area contributed by atoms with Gasteiger partial charge in [0.05, 0.1) is 33.3 Å². The first kappa shape index (κ1) is 10.9. The van der Waals surface area contributed by atoms with Gasteiger partial charge in [0, 0.05) is 19.3 Å². The fourth-order valence-corrected chi connectivity index (χ4v) is 2.19. The molecule has 78 valence electrons. The Morgan fingerprint density at radius 2 is 1.92 bits per heavy atom. The zero-order chi connectivity index (χ0) is 9.73. The van der Waals surface area contributed by atoms with Gasteiger partial charge in [-0.1, -0.05) is 0 Å². The molecule has 0 spiro atoms. The van der Waals surface area contributed by atoms with Crippen molar-refractivity contribution in [1.29, 1.82) is 0 Å². The van der Waals surface area contributed by atoms with Gasteiger partial charge in [-0.2, -0.15) is 0 Å². The second-order valence-corrected chi connectivity index (χ2v) is 4.61. The Hall–Kier alpha value is -0.130. The van der Waals surface area contributed by atoms with Crippen molar-refractivity contribution in [2.45, 2.75) is 19.3 Å². The largest absolute Gasteiger partial charge is 0.326 e. The van der Waals surface area contributed by atoms with Crippen LogP contribution >= 0.6 is 0 Å². The third kappa shape index (κ3) is 4.06. The zero-order valence-corrected chi connectivity index (χ0v) is 8.96. The molecule has 0 aromatic heterocycles. The Bertz CT molecular complexity index is 213. The molecule has 0 aromatic rings. The van der Waals surface area contributed by atoms with Crippen LogP contribution in [0.25, 0.3) is 0 Å². The second kappa shape index (κ2) is 4.93. The smallest absolute Gasteiger partial charge is 0.257 e. The van der Waals surface area contributed by atoms with Crippen molar-refractivity contribution in [3.05, 3.63) is 0 Å². The van der Waals surface area contributed by atoms with E-state index >= 15 is 0 Å². The summed E-state index contributed by atoms with van der Waals surface area (Å²) in [7, 11) is -0.421. The topological polar surface area (TPSA) is 43.4 Å². The number of thiol groups is 1. The summed E-state index contributed by atoms with van der Waals surface area (Å²) in [5.41, 5.74) is 0. The van der Waals surface area contributed by atoms with Crippen LogP contribution in [0, 0.1) is 0 Å².